The van der Waals surface area contributed by atoms with Gasteiger partial charge in [-0.15, -0.1) is 0 Å². The van der Waals surface area contributed by atoms with Crippen molar-refractivity contribution in [3.63, 3.8) is 0 Å². The number of aromatic nitrogens is 1. The molecule has 29 heavy (non-hydrogen) atoms. The van der Waals surface area contributed by atoms with Crippen molar-refractivity contribution in [2.24, 2.45) is 0 Å². The number of methoxy groups -OCH3 is 1. The first-order valence-electron chi connectivity index (χ1n) is 9.04. The van der Waals surface area contributed by atoms with E-state index in [1.807, 2.05) is 36.4 Å². The maximum atomic E-state index is 12.4. The minimum absolute atomic E-state index is 0.122. The summed E-state index contributed by atoms with van der Waals surface area (Å²) in [6.07, 6.45) is 3.16. The van der Waals surface area contributed by atoms with Crippen molar-refractivity contribution in [3.8, 4) is 5.75 Å². The first kappa shape index (κ1) is 19.9. The Labute approximate surface area is 169 Å². The molecule has 0 unspecified atom stereocenters. The molecule has 0 atom stereocenters. The molecule has 1 aromatic heterocycles. The number of ether oxygens (including phenoxy) is 1. The van der Waals surface area contributed by atoms with E-state index in [9.17, 15) is 9.59 Å². The maximum Gasteiger partial charge on any atom is 0.253 e. The van der Waals surface area contributed by atoms with Crippen molar-refractivity contribution in [2.45, 2.75) is 13.5 Å². The quantitative estimate of drug-likeness (QED) is 0.572. The largest absolute Gasteiger partial charge is 0.497 e. The number of anilines is 3. The summed E-state index contributed by atoms with van der Waals surface area (Å²) < 4.78 is 5.13. The fraction of sp³-hybridized carbons (Fsp3) is 0.136. The fourth-order valence-electron chi connectivity index (χ4n) is 2.67. The zero-order valence-corrected chi connectivity index (χ0v) is 16.2. The van der Waals surface area contributed by atoms with Crippen LogP contribution in [0.2, 0.25) is 0 Å². The second-order valence-electron chi connectivity index (χ2n) is 6.38. The van der Waals surface area contributed by atoms with E-state index in [0.717, 1.165) is 17.0 Å². The third kappa shape index (κ3) is 5.80. The zero-order chi connectivity index (χ0) is 20.6. The fourth-order valence-corrected chi connectivity index (χ4v) is 2.67. The maximum absolute atomic E-state index is 12.4. The van der Waals surface area contributed by atoms with Gasteiger partial charge in [-0.05, 0) is 48.0 Å². The van der Waals surface area contributed by atoms with Crippen molar-refractivity contribution in [1.82, 2.24) is 10.3 Å². The lowest BCUT2D eigenvalue weighted by Crippen LogP contribution is -2.23. The van der Waals surface area contributed by atoms with Crippen molar-refractivity contribution in [3.05, 3.63) is 78.1 Å². The molecular formula is C22H22N4O3. The van der Waals surface area contributed by atoms with Crippen molar-refractivity contribution in [2.75, 3.05) is 17.7 Å². The van der Waals surface area contributed by atoms with E-state index in [1.165, 1.54) is 13.1 Å². The van der Waals surface area contributed by atoms with Crippen LogP contribution >= 0.6 is 0 Å². The highest BCUT2D eigenvalue weighted by atomic mass is 16.5. The molecule has 0 radical (unpaired) electrons. The molecule has 3 aromatic rings. The number of carbonyl (C=O) groups is 2. The van der Waals surface area contributed by atoms with Crippen LogP contribution in [0, 0.1) is 0 Å². The summed E-state index contributed by atoms with van der Waals surface area (Å²) in [4.78, 5) is 27.7. The summed E-state index contributed by atoms with van der Waals surface area (Å²) in [7, 11) is 1.61. The summed E-state index contributed by atoms with van der Waals surface area (Å²) in [5.41, 5.74) is 3.65. The molecule has 0 saturated carbocycles. The summed E-state index contributed by atoms with van der Waals surface area (Å²) in [5, 5.41) is 8.79. The highest BCUT2D eigenvalue weighted by Gasteiger charge is 2.07. The van der Waals surface area contributed by atoms with E-state index in [1.54, 1.807) is 31.5 Å². The lowest BCUT2D eigenvalue weighted by Gasteiger charge is -2.10. The van der Waals surface area contributed by atoms with Crippen LogP contribution in [0.15, 0.2) is 67.0 Å². The summed E-state index contributed by atoms with van der Waals surface area (Å²) in [6.45, 7) is 1.87. The van der Waals surface area contributed by atoms with Crippen LogP contribution in [0.1, 0.15) is 22.8 Å². The van der Waals surface area contributed by atoms with Gasteiger partial charge in [-0.1, -0.05) is 12.1 Å². The van der Waals surface area contributed by atoms with Crippen LogP contribution in [0.5, 0.6) is 5.75 Å². The van der Waals surface area contributed by atoms with Crippen molar-refractivity contribution < 1.29 is 14.3 Å². The monoisotopic (exact) mass is 390 g/mol. The molecule has 0 fully saturated rings. The van der Waals surface area contributed by atoms with Crippen LogP contribution in [0.3, 0.4) is 0 Å². The van der Waals surface area contributed by atoms with Crippen molar-refractivity contribution in [1.29, 1.82) is 0 Å². The molecule has 0 spiro atoms. The number of carbonyl (C=O) groups excluding carboxylic acids is 2. The molecule has 148 valence electrons. The number of nitrogens with zero attached hydrogens (tertiary/aromatic N) is 1. The van der Waals surface area contributed by atoms with E-state index in [0.29, 0.717) is 23.5 Å². The minimum atomic E-state index is -0.210. The van der Waals surface area contributed by atoms with Gasteiger partial charge in [0.05, 0.1) is 24.6 Å². The smallest absolute Gasteiger partial charge is 0.253 e. The van der Waals surface area contributed by atoms with E-state index < -0.39 is 0 Å². The predicted octanol–water partition coefficient (Wildman–Crippen LogP) is 3.72. The van der Waals surface area contributed by atoms with Gasteiger partial charge in [0.25, 0.3) is 5.91 Å². The Balaban J connectivity index is 1.60. The van der Waals surface area contributed by atoms with Crippen LogP contribution in [-0.2, 0) is 11.3 Å². The van der Waals surface area contributed by atoms with Gasteiger partial charge in [0.15, 0.2) is 0 Å². The number of nitrogens with one attached hydrogen (secondary N) is 3. The van der Waals surface area contributed by atoms with Crippen LogP contribution < -0.4 is 20.7 Å². The average Bonchev–Trinajstić information content (AvgIpc) is 2.73. The number of benzene rings is 2. The predicted molar refractivity (Wildman–Crippen MR) is 112 cm³/mol. The SMILES string of the molecule is COc1ccc(CNC(=O)c2cncc(Nc3ccc(NC(C)=O)cc3)c2)cc1. The number of rotatable bonds is 7. The van der Waals surface area contributed by atoms with Gasteiger partial charge in [-0.25, -0.2) is 0 Å². The van der Waals surface area contributed by atoms with Gasteiger partial charge in [-0.3, -0.25) is 14.6 Å². The number of hydrogen-bond donors (Lipinski definition) is 3. The molecule has 0 aliphatic rings. The Hall–Kier alpha value is -3.87. The summed E-state index contributed by atoms with van der Waals surface area (Å²) in [6, 6.07) is 16.5. The van der Waals surface area contributed by atoms with Gasteiger partial charge in [0.2, 0.25) is 5.91 Å². The standard InChI is InChI=1S/C22H22N4O3/c1-15(27)25-18-5-7-19(8-6-18)26-20-11-17(13-23-14-20)22(28)24-12-16-3-9-21(29-2)10-4-16/h3-11,13-14,26H,12H2,1-2H3,(H,24,28)(H,25,27). The third-order valence-electron chi connectivity index (χ3n) is 4.11. The molecule has 1 heterocycles. The lowest BCUT2D eigenvalue weighted by molar-refractivity contribution is -0.114. The zero-order valence-electron chi connectivity index (χ0n) is 16.2. The van der Waals surface area contributed by atoms with Gasteiger partial charge in [0.1, 0.15) is 5.75 Å². The molecule has 0 aliphatic heterocycles. The minimum Gasteiger partial charge on any atom is -0.497 e. The first-order chi connectivity index (χ1) is 14.0. The Bertz CT molecular complexity index is 986. The summed E-state index contributed by atoms with van der Waals surface area (Å²) in [5.74, 6) is 0.439. The molecule has 3 rings (SSSR count). The van der Waals surface area contributed by atoms with Crippen molar-refractivity contribution >= 4 is 28.9 Å². The molecular weight excluding hydrogens is 368 g/mol. The molecule has 2 amide bonds. The molecule has 7 heteroatoms. The second-order valence-corrected chi connectivity index (χ2v) is 6.38. The Morgan fingerprint density at radius 1 is 0.931 bits per heavy atom. The Morgan fingerprint density at radius 3 is 2.28 bits per heavy atom. The Morgan fingerprint density at radius 2 is 1.62 bits per heavy atom. The van der Waals surface area contributed by atoms with Crippen LogP contribution in [-0.4, -0.2) is 23.9 Å². The van der Waals surface area contributed by atoms with Gasteiger partial charge >= 0.3 is 0 Å². The molecule has 0 aliphatic carbocycles. The van der Waals surface area contributed by atoms with Crippen LogP contribution in [0.4, 0.5) is 17.1 Å². The summed E-state index contributed by atoms with van der Waals surface area (Å²) >= 11 is 0. The number of pyridine rings is 1. The first-order valence-corrected chi connectivity index (χ1v) is 9.04. The highest BCUT2D eigenvalue weighted by Crippen LogP contribution is 2.19. The number of hydrogen-bond acceptors (Lipinski definition) is 5. The second kappa shape index (κ2) is 9.36. The third-order valence-corrected chi connectivity index (χ3v) is 4.11. The number of amides is 2. The Kier molecular flexibility index (Phi) is 6.42. The van der Waals surface area contributed by atoms with Gasteiger partial charge in [-0.2, -0.15) is 0 Å². The van der Waals surface area contributed by atoms with Gasteiger partial charge in [0, 0.05) is 31.0 Å². The molecule has 7 nitrogen and oxygen atoms in total. The molecule has 0 saturated heterocycles. The molecule has 3 N–H and O–H groups in total. The normalized spacial score (nSPS) is 10.1. The average molecular weight is 390 g/mol. The van der Waals surface area contributed by atoms with Gasteiger partial charge < -0.3 is 20.7 Å². The lowest BCUT2D eigenvalue weighted by atomic mass is 10.2. The van der Waals surface area contributed by atoms with Crippen LogP contribution in [0.25, 0.3) is 0 Å². The topological polar surface area (TPSA) is 92.3 Å². The van der Waals surface area contributed by atoms with E-state index >= 15 is 0 Å². The molecule has 2 aromatic carbocycles. The van der Waals surface area contributed by atoms with E-state index in [4.69, 9.17) is 4.74 Å². The van der Waals surface area contributed by atoms with E-state index in [2.05, 4.69) is 20.9 Å². The molecule has 0 bridgehead atoms. The highest BCUT2D eigenvalue weighted by molar-refractivity contribution is 5.94. The van der Waals surface area contributed by atoms with E-state index in [-0.39, 0.29) is 11.8 Å².